The molecule has 0 bridgehead atoms. The van der Waals surface area contributed by atoms with E-state index in [9.17, 15) is 19.5 Å². The van der Waals surface area contributed by atoms with Gasteiger partial charge in [-0.15, -0.1) is 0 Å². The number of carboxylic acid groups (broad SMARTS) is 1. The number of aryl methyl sites for hydroxylation is 1. The van der Waals surface area contributed by atoms with E-state index >= 15 is 4.39 Å². The predicted molar refractivity (Wildman–Crippen MR) is 109 cm³/mol. The monoisotopic (exact) mass is 496 g/mol. The molecule has 3 rings (SSSR count). The number of halogens is 2. The average Bonchev–Trinajstić information content (AvgIpc) is 2.99. The van der Waals surface area contributed by atoms with Crippen LogP contribution in [0.25, 0.3) is 11.0 Å². The van der Waals surface area contributed by atoms with Crippen LogP contribution in [0.4, 0.5) is 15.8 Å². The molecule has 0 atom stereocenters. The number of carbonyl (C=O) groups is 3. The minimum atomic E-state index is -1.40. The van der Waals surface area contributed by atoms with E-state index < -0.39 is 35.0 Å². The highest BCUT2D eigenvalue weighted by Gasteiger charge is 2.27. The minimum Gasteiger partial charge on any atom is -0.478 e. The maximum Gasteiger partial charge on any atom is 0.338 e. The molecular weight excluding hydrogens is 482 g/mol. The average molecular weight is 496 g/mol. The Kier molecular flexibility index (Phi) is 5.06. The number of nitrogens with two attached hydrogens (primary N) is 1. The first-order valence-electron chi connectivity index (χ1n) is 7.94. The van der Waals surface area contributed by atoms with E-state index in [2.05, 4.69) is 32.9 Å². The number of rotatable bonds is 4. The molecule has 1 aromatic heterocycles. The van der Waals surface area contributed by atoms with Gasteiger partial charge in [0.2, 0.25) is 11.7 Å². The Morgan fingerprint density at radius 2 is 1.96 bits per heavy atom. The van der Waals surface area contributed by atoms with Crippen molar-refractivity contribution in [1.29, 1.82) is 0 Å². The number of hydrogen-bond donors (Lipinski definition) is 3. The van der Waals surface area contributed by atoms with Gasteiger partial charge in [0.25, 0.3) is 5.91 Å². The van der Waals surface area contributed by atoms with Gasteiger partial charge in [-0.05, 0) is 59.3 Å². The van der Waals surface area contributed by atoms with Crippen molar-refractivity contribution in [2.24, 2.45) is 5.73 Å². The summed E-state index contributed by atoms with van der Waals surface area (Å²) in [5.74, 6) is -4.62. The fraction of sp³-hybridized carbons (Fsp3) is 0.111. The van der Waals surface area contributed by atoms with Crippen LogP contribution in [-0.2, 0) is 0 Å². The van der Waals surface area contributed by atoms with Crippen molar-refractivity contribution in [3.63, 3.8) is 0 Å². The van der Waals surface area contributed by atoms with Crippen LogP contribution in [0.2, 0.25) is 0 Å². The van der Waals surface area contributed by atoms with Crippen LogP contribution in [0.5, 0.6) is 0 Å². The van der Waals surface area contributed by atoms with E-state index in [4.69, 9.17) is 5.73 Å². The quantitative estimate of drug-likeness (QED) is 0.476. The second-order valence-electron chi connectivity index (χ2n) is 6.02. The molecule has 0 aliphatic rings. The lowest BCUT2D eigenvalue weighted by Gasteiger charge is -2.14. The first kappa shape index (κ1) is 19.7. The van der Waals surface area contributed by atoms with Crippen molar-refractivity contribution < 1.29 is 23.9 Å². The largest absolute Gasteiger partial charge is 0.478 e. The normalized spacial score (nSPS) is 10.9. The molecule has 10 heteroatoms. The van der Waals surface area contributed by atoms with Gasteiger partial charge in [0.05, 0.1) is 16.8 Å². The smallest absolute Gasteiger partial charge is 0.338 e. The number of hydrogen-bond acceptors (Lipinski definition) is 5. The van der Waals surface area contributed by atoms with Crippen molar-refractivity contribution in [3.8, 4) is 0 Å². The molecule has 2 aromatic carbocycles. The second-order valence-corrected chi connectivity index (χ2v) is 7.27. The Labute approximate surface area is 171 Å². The molecule has 3 aromatic rings. The van der Waals surface area contributed by atoms with Crippen LogP contribution >= 0.6 is 22.6 Å². The van der Waals surface area contributed by atoms with E-state index in [1.807, 2.05) is 6.07 Å². The summed E-state index contributed by atoms with van der Waals surface area (Å²) in [6.07, 6.45) is 0. The zero-order valence-corrected chi connectivity index (χ0v) is 16.9. The number of nitrogens with zero attached hydrogens (tertiary/aromatic N) is 2. The second kappa shape index (κ2) is 7.19. The Morgan fingerprint density at radius 1 is 1.29 bits per heavy atom. The number of aromatic nitrogens is 2. The van der Waals surface area contributed by atoms with E-state index in [0.29, 0.717) is 5.69 Å². The third-order valence-corrected chi connectivity index (χ3v) is 4.77. The number of carbonyl (C=O) groups excluding carboxylic acids is 2. The summed E-state index contributed by atoms with van der Waals surface area (Å²) in [7, 11) is 0. The summed E-state index contributed by atoms with van der Waals surface area (Å²) in [4.78, 5) is 39.2. The maximum atomic E-state index is 15.4. The summed E-state index contributed by atoms with van der Waals surface area (Å²) in [5.41, 5.74) is 5.26. The van der Waals surface area contributed by atoms with Crippen molar-refractivity contribution in [2.45, 2.75) is 13.8 Å². The number of aromatic carboxylic acids is 1. The number of fused-ring (bicyclic) bond motifs is 1. The maximum absolute atomic E-state index is 15.4. The fourth-order valence-electron chi connectivity index (χ4n) is 2.86. The molecule has 0 saturated heterocycles. The Balaban J connectivity index is 2.34. The van der Waals surface area contributed by atoms with E-state index in [-0.39, 0.29) is 16.7 Å². The molecule has 1 heterocycles. The number of primary amides is 1. The number of imidazole rings is 1. The Hall–Kier alpha value is -3.02. The van der Waals surface area contributed by atoms with Gasteiger partial charge < -0.3 is 16.2 Å². The molecule has 0 aliphatic carbocycles. The molecule has 0 aliphatic heterocycles. The van der Waals surface area contributed by atoms with Crippen molar-refractivity contribution >= 4 is 62.8 Å². The van der Waals surface area contributed by atoms with Crippen LogP contribution in [0, 0.1) is 16.3 Å². The molecule has 8 nitrogen and oxygen atoms in total. The number of amides is 1. The molecule has 1 amide bonds. The molecule has 0 spiro atoms. The summed E-state index contributed by atoms with van der Waals surface area (Å²) in [6.45, 7) is 2.90. The molecule has 144 valence electrons. The minimum absolute atomic E-state index is 0.163. The summed E-state index contributed by atoms with van der Waals surface area (Å²) in [5, 5.41) is 12.3. The number of benzene rings is 2. The summed E-state index contributed by atoms with van der Waals surface area (Å²) < 4.78 is 17.1. The first-order chi connectivity index (χ1) is 13.1. The van der Waals surface area contributed by atoms with Gasteiger partial charge in [-0.2, -0.15) is 0 Å². The molecular formula is C18H14FIN4O4. The van der Waals surface area contributed by atoms with Gasteiger partial charge >= 0.3 is 5.97 Å². The SMILES string of the molecule is CC(=O)n1c(C(N)=O)nc2cc(C(=O)O)c(Nc3ccc(I)cc3C)c(F)c21. The lowest BCUT2D eigenvalue weighted by atomic mass is 10.1. The van der Waals surface area contributed by atoms with Crippen LogP contribution in [0.1, 0.15) is 38.3 Å². The summed E-state index contributed by atoms with van der Waals surface area (Å²) >= 11 is 2.12. The number of anilines is 2. The van der Waals surface area contributed by atoms with Crippen molar-refractivity contribution in [3.05, 3.63) is 50.6 Å². The molecule has 0 radical (unpaired) electrons. The highest BCUT2D eigenvalue weighted by molar-refractivity contribution is 14.1. The first-order valence-corrected chi connectivity index (χ1v) is 9.01. The van der Waals surface area contributed by atoms with Crippen LogP contribution in [-0.4, -0.2) is 32.4 Å². The highest BCUT2D eigenvalue weighted by Crippen LogP contribution is 2.33. The third kappa shape index (κ3) is 3.30. The fourth-order valence-corrected chi connectivity index (χ4v) is 3.51. The Morgan fingerprint density at radius 3 is 2.50 bits per heavy atom. The highest BCUT2D eigenvalue weighted by atomic mass is 127. The predicted octanol–water partition coefficient (Wildman–Crippen LogP) is 3.29. The number of carboxylic acids is 1. The van der Waals surface area contributed by atoms with Crippen LogP contribution < -0.4 is 11.1 Å². The van der Waals surface area contributed by atoms with Gasteiger partial charge in [0.1, 0.15) is 5.52 Å². The van der Waals surface area contributed by atoms with E-state index in [0.717, 1.165) is 26.7 Å². The molecule has 28 heavy (non-hydrogen) atoms. The lowest BCUT2D eigenvalue weighted by Crippen LogP contribution is -2.21. The van der Waals surface area contributed by atoms with E-state index in [1.165, 1.54) is 0 Å². The van der Waals surface area contributed by atoms with Gasteiger partial charge in [-0.25, -0.2) is 14.2 Å². The third-order valence-electron chi connectivity index (χ3n) is 4.10. The zero-order chi connectivity index (χ0) is 20.7. The van der Waals surface area contributed by atoms with Crippen LogP contribution in [0.15, 0.2) is 24.3 Å². The zero-order valence-electron chi connectivity index (χ0n) is 14.7. The molecule has 0 unspecified atom stereocenters. The standard InChI is InChI=1S/C18H14FIN4O4/c1-7-5-9(20)3-4-11(7)22-14-10(18(27)28)6-12-15(13(14)19)24(8(2)25)17(23-12)16(21)26/h3-6,22H,1-2H3,(H2,21,26)(H,27,28). The molecule has 4 N–H and O–H groups in total. The lowest BCUT2D eigenvalue weighted by molar-refractivity contribution is 0.0697. The van der Waals surface area contributed by atoms with Gasteiger partial charge in [0, 0.05) is 16.2 Å². The van der Waals surface area contributed by atoms with Gasteiger partial charge in [-0.3, -0.25) is 14.2 Å². The van der Waals surface area contributed by atoms with Gasteiger partial charge in [0.15, 0.2) is 5.82 Å². The summed E-state index contributed by atoms with van der Waals surface area (Å²) in [6, 6.07) is 6.39. The van der Waals surface area contributed by atoms with Crippen LogP contribution in [0.3, 0.4) is 0 Å². The van der Waals surface area contributed by atoms with Gasteiger partial charge in [-0.1, -0.05) is 0 Å². The van der Waals surface area contributed by atoms with Crippen molar-refractivity contribution in [2.75, 3.05) is 5.32 Å². The molecule has 0 saturated carbocycles. The van der Waals surface area contributed by atoms with Crippen molar-refractivity contribution in [1.82, 2.24) is 9.55 Å². The topological polar surface area (TPSA) is 127 Å². The Bertz CT molecular complexity index is 1170. The van der Waals surface area contributed by atoms with E-state index in [1.54, 1.807) is 19.1 Å². The molecule has 0 fully saturated rings. The number of nitrogens with one attached hydrogen (secondary N) is 1.